The molecule has 3 aromatic heterocycles. The number of aryl methyl sites for hydroxylation is 1. The van der Waals surface area contributed by atoms with Crippen LogP contribution in [-0.4, -0.2) is 36.2 Å². The fourth-order valence-electron chi connectivity index (χ4n) is 4.16. The third-order valence-electron chi connectivity index (χ3n) is 5.79. The highest BCUT2D eigenvalue weighted by atomic mass is 32.1. The predicted octanol–water partition coefficient (Wildman–Crippen LogP) is 4.92. The van der Waals surface area contributed by atoms with Gasteiger partial charge in [-0.05, 0) is 31.2 Å². The summed E-state index contributed by atoms with van der Waals surface area (Å²) in [6, 6.07) is 13.0. The average Bonchev–Trinajstić information content (AvgIpc) is 3.58. The van der Waals surface area contributed by atoms with Crippen LogP contribution in [0.2, 0.25) is 0 Å². The number of hydrogen-bond acceptors (Lipinski definition) is 7. The third kappa shape index (κ3) is 3.12. The molecule has 0 saturated heterocycles. The van der Waals surface area contributed by atoms with Crippen LogP contribution in [0.5, 0.6) is 0 Å². The van der Waals surface area contributed by atoms with E-state index in [2.05, 4.69) is 16.0 Å². The highest BCUT2D eigenvalue weighted by molar-refractivity contribution is 7.16. The highest BCUT2D eigenvalue weighted by Gasteiger charge is 2.36. The van der Waals surface area contributed by atoms with Gasteiger partial charge in [0.05, 0.1) is 39.1 Å². The predicted molar refractivity (Wildman–Crippen MR) is 128 cm³/mol. The van der Waals surface area contributed by atoms with Crippen molar-refractivity contribution in [3.05, 3.63) is 76.0 Å². The number of aromatic nitrogens is 4. The van der Waals surface area contributed by atoms with E-state index in [4.69, 9.17) is 4.98 Å². The second kappa shape index (κ2) is 7.43. The van der Waals surface area contributed by atoms with Crippen molar-refractivity contribution in [3.63, 3.8) is 0 Å². The Morgan fingerprint density at radius 3 is 2.42 bits per heavy atom. The molecule has 7 nitrogen and oxygen atoms in total. The zero-order valence-corrected chi connectivity index (χ0v) is 19.4. The van der Waals surface area contributed by atoms with E-state index in [0.29, 0.717) is 17.0 Å². The van der Waals surface area contributed by atoms with Crippen molar-refractivity contribution < 1.29 is 9.59 Å². The molecule has 162 valence electrons. The Morgan fingerprint density at radius 2 is 1.73 bits per heavy atom. The molecule has 0 saturated carbocycles. The first-order valence-corrected chi connectivity index (χ1v) is 12.0. The van der Waals surface area contributed by atoms with Crippen LogP contribution in [0.25, 0.3) is 32.2 Å². The van der Waals surface area contributed by atoms with Gasteiger partial charge in [-0.3, -0.25) is 14.5 Å². The van der Waals surface area contributed by atoms with Gasteiger partial charge in [-0.1, -0.05) is 18.2 Å². The summed E-state index contributed by atoms with van der Waals surface area (Å²) in [5.41, 5.74) is 7.19. The van der Waals surface area contributed by atoms with Gasteiger partial charge < -0.3 is 4.57 Å². The van der Waals surface area contributed by atoms with Crippen LogP contribution >= 0.6 is 22.7 Å². The largest absolute Gasteiger partial charge is 0.329 e. The minimum atomic E-state index is -0.294. The van der Waals surface area contributed by atoms with Gasteiger partial charge in [-0.25, -0.2) is 15.0 Å². The van der Waals surface area contributed by atoms with Gasteiger partial charge in [0, 0.05) is 23.7 Å². The van der Waals surface area contributed by atoms with E-state index in [9.17, 15) is 9.59 Å². The van der Waals surface area contributed by atoms with Crippen LogP contribution in [-0.2, 0) is 13.6 Å². The monoisotopic (exact) mass is 471 g/mol. The number of rotatable bonds is 4. The lowest BCUT2D eigenvalue weighted by Crippen LogP contribution is -2.30. The maximum atomic E-state index is 12.9. The molecule has 0 N–H and O–H groups in total. The number of carbonyl (C=O) groups is 2. The molecule has 1 aliphatic heterocycles. The summed E-state index contributed by atoms with van der Waals surface area (Å²) >= 11 is 3.11. The summed E-state index contributed by atoms with van der Waals surface area (Å²) in [6.07, 6.45) is 0. The lowest BCUT2D eigenvalue weighted by atomic mass is 10.1. The molecular formula is C24H17N5O2S2. The van der Waals surface area contributed by atoms with E-state index >= 15 is 0 Å². The van der Waals surface area contributed by atoms with E-state index in [1.165, 1.54) is 16.2 Å². The number of nitrogens with zero attached hydrogens (tertiary/aromatic N) is 5. The summed E-state index contributed by atoms with van der Waals surface area (Å²) in [5, 5.41) is 2.79. The second-order valence-electron chi connectivity index (χ2n) is 7.86. The van der Waals surface area contributed by atoms with Gasteiger partial charge in [0.15, 0.2) is 0 Å². The lowest BCUT2D eigenvalue weighted by Gasteiger charge is -2.14. The molecule has 2 amide bonds. The number of thiazole rings is 2. The summed E-state index contributed by atoms with van der Waals surface area (Å²) < 4.78 is 3.04. The quantitative estimate of drug-likeness (QED) is 0.347. The first-order chi connectivity index (χ1) is 16.0. The molecule has 9 heteroatoms. The number of fused-ring (bicyclic) bond motifs is 2. The molecule has 0 atom stereocenters. The SMILES string of the molecule is Cc1csc(-c2nc(CN3C(=O)c4ccccc4C3=O)n(C)c2-c2ccc3ncsc3c2)n1. The van der Waals surface area contributed by atoms with Crippen molar-refractivity contribution in [2.45, 2.75) is 13.5 Å². The Kier molecular flexibility index (Phi) is 4.49. The molecule has 0 bridgehead atoms. The minimum Gasteiger partial charge on any atom is -0.329 e. The number of imide groups is 1. The number of amides is 2. The molecule has 0 unspecified atom stereocenters. The topological polar surface area (TPSA) is 81.0 Å². The van der Waals surface area contributed by atoms with Crippen molar-refractivity contribution in [2.24, 2.45) is 7.05 Å². The number of imidazole rings is 1. The highest BCUT2D eigenvalue weighted by Crippen LogP contribution is 2.36. The van der Waals surface area contributed by atoms with Gasteiger partial charge in [-0.15, -0.1) is 22.7 Å². The standard InChI is InChI=1S/C24H17N5O2S2/c1-13-11-32-22(26-13)20-21(14-7-8-17-18(9-14)33-12-25-17)28(2)19(27-20)10-29-23(30)15-5-3-4-6-16(15)24(29)31/h3-9,11-12H,10H2,1-2H3. The fourth-order valence-corrected chi connectivity index (χ4v) is 5.66. The van der Waals surface area contributed by atoms with Crippen molar-refractivity contribution in [1.82, 2.24) is 24.4 Å². The van der Waals surface area contributed by atoms with Gasteiger partial charge >= 0.3 is 0 Å². The summed E-state index contributed by atoms with van der Waals surface area (Å²) in [5.74, 6) is 0.0301. The molecule has 33 heavy (non-hydrogen) atoms. The normalized spacial score (nSPS) is 13.3. The molecule has 0 fully saturated rings. The maximum Gasteiger partial charge on any atom is 0.261 e. The molecule has 0 aliphatic carbocycles. The molecule has 0 spiro atoms. The number of carbonyl (C=O) groups excluding carboxylic acids is 2. The Morgan fingerprint density at radius 1 is 0.970 bits per heavy atom. The minimum absolute atomic E-state index is 0.0863. The summed E-state index contributed by atoms with van der Waals surface area (Å²) in [6.45, 7) is 2.04. The average molecular weight is 472 g/mol. The molecular weight excluding hydrogens is 454 g/mol. The van der Waals surface area contributed by atoms with E-state index in [-0.39, 0.29) is 18.4 Å². The van der Waals surface area contributed by atoms with Crippen LogP contribution < -0.4 is 0 Å². The first kappa shape index (κ1) is 20.0. The van der Waals surface area contributed by atoms with Crippen molar-refractivity contribution >= 4 is 44.7 Å². The van der Waals surface area contributed by atoms with Crippen molar-refractivity contribution in [2.75, 3.05) is 0 Å². The van der Waals surface area contributed by atoms with Crippen LogP contribution in [0, 0.1) is 6.92 Å². The molecule has 0 radical (unpaired) electrons. The Bertz CT molecular complexity index is 1540. The van der Waals surface area contributed by atoms with Crippen LogP contribution in [0.1, 0.15) is 32.2 Å². The maximum absolute atomic E-state index is 12.9. The van der Waals surface area contributed by atoms with E-state index in [1.807, 2.05) is 41.6 Å². The third-order valence-corrected chi connectivity index (χ3v) is 7.55. The van der Waals surface area contributed by atoms with Gasteiger partial charge in [0.1, 0.15) is 16.5 Å². The van der Waals surface area contributed by atoms with Gasteiger partial charge in [0.25, 0.3) is 11.8 Å². The van der Waals surface area contributed by atoms with Crippen LogP contribution in [0.4, 0.5) is 0 Å². The zero-order chi connectivity index (χ0) is 22.7. The number of benzene rings is 2. The zero-order valence-electron chi connectivity index (χ0n) is 17.8. The second-order valence-corrected chi connectivity index (χ2v) is 9.60. The molecule has 1 aliphatic rings. The Balaban J connectivity index is 1.47. The number of hydrogen-bond donors (Lipinski definition) is 0. The Labute approximate surface area is 197 Å². The smallest absolute Gasteiger partial charge is 0.261 e. The van der Waals surface area contributed by atoms with E-state index < -0.39 is 0 Å². The van der Waals surface area contributed by atoms with Crippen LogP contribution in [0.3, 0.4) is 0 Å². The van der Waals surface area contributed by atoms with Crippen molar-refractivity contribution in [1.29, 1.82) is 0 Å². The first-order valence-electron chi connectivity index (χ1n) is 10.3. The molecule has 2 aromatic carbocycles. The van der Waals surface area contributed by atoms with Gasteiger partial charge in [0.2, 0.25) is 0 Å². The summed E-state index contributed by atoms with van der Waals surface area (Å²) in [7, 11) is 1.91. The van der Waals surface area contributed by atoms with Gasteiger partial charge in [-0.2, -0.15) is 0 Å². The van der Waals surface area contributed by atoms with E-state index in [0.717, 1.165) is 37.9 Å². The lowest BCUT2D eigenvalue weighted by molar-refractivity contribution is 0.0637. The van der Waals surface area contributed by atoms with Crippen molar-refractivity contribution in [3.8, 4) is 22.0 Å². The molecule has 6 rings (SSSR count). The fraction of sp³-hybridized carbons (Fsp3) is 0.125. The van der Waals surface area contributed by atoms with E-state index in [1.54, 1.807) is 35.6 Å². The summed E-state index contributed by atoms with van der Waals surface area (Å²) in [4.78, 5) is 41.0. The van der Waals surface area contributed by atoms with Crippen LogP contribution in [0.15, 0.2) is 53.4 Å². The molecule has 4 heterocycles. The molecule has 5 aromatic rings. The Hall–Kier alpha value is -3.69.